The van der Waals surface area contributed by atoms with E-state index in [-0.39, 0.29) is 23.5 Å². The average molecular weight is 393 g/mol. The third-order valence-corrected chi connectivity index (χ3v) is 5.40. The van der Waals surface area contributed by atoms with E-state index in [4.69, 9.17) is 4.74 Å². The SMILES string of the molecule is CC(=O)c1c(C)cc(C)c(COC(=O)C(C)N2C(=O)c3ccccc3C2=O)c1C. The van der Waals surface area contributed by atoms with Gasteiger partial charge in [0.05, 0.1) is 11.1 Å². The summed E-state index contributed by atoms with van der Waals surface area (Å²) in [6.45, 7) is 8.53. The number of nitrogens with zero attached hydrogens (tertiary/aromatic N) is 1. The van der Waals surface area contributed by atoms with Gasteiger partial charge in [0.15, 0.2) is 5.78 Å². The monoisotopic (exact) mass is 393 g/mol. The van der Waals surface area contributed by atoms with E-state index in [0.717, 1.165) is 27.2 Å². The molecule has 1 atom stereocenters. The highest BCUT2D eigenvalue weighted by molar-refractivity contribution is 6.22. The van der Waals surface area contributed by atoms with Gasteiger partial charge in [-0.2, -0.15) is 0 Å². The summed E-state index contributed by atoms with van der Waals surface area (Å²) in [5.41, 5.74) is 4.50. The number of fused-ring (bicyclic) bond motifs is 1. The van der Waals surface area contributed by atoms with Crippen molar-refractivity contribution in [2.24, 2.45) is 0 Å². The standard InChI is InChI=1S/C23H23NO5/c1-12-10-13(2)20(16(5)25)14(3)19(12)11-29-23(28)15(4)24-21(26)17-8-6-7-9-18(17)22(24)27/h6-10,15H,11H2,1-5H3. The molecule has 29 heavy (non-hydrogen) atoms. The summed E-state index contributed by atoms with van der Waals surface area (Å²) < 4.78 is 5.44. The van der Waals surface area contributed by atoms with Gasteiger partial charge in [-0.1, -0.05) is 18.2 Å². The summed E-state index contributed by atoms with van der Waals surface area (Å²) in [4.78, 5) is 50.6. The first-order chi connectivity index (χ1) is 13.6. The van der Waals surface area contributed by atoms with Crippen LogP contribution in [-0.2, 0) is 16.1 Å². The van der Waals surface area contributed by atoms with Crippen LogP contribution < -0.4 is 0 Å². The van der Waals surface area contributed by atoms with Crippen LogP contribution in [-0.4, -0.2) is 34.5 Å². The van der Waals surface area contributed by atoms with Crippen LogP contribution in [0, 0.1) is 20.8 Å². The Morgan fingerprint density at radius 3 is 2.07 bits per heavy atom. The Morgan fingerprint density at radius 1 is 1.00 bits per heavy atom. The summed E-state index contributed by atoms with van der Waals surface area (Å²) >= 11 is 0. The number of hydrogen-bond donors (Lipinski definition) is 0. The molecule has 0 aliphatic carbocycles. The summed E-state index contributed by atoms with van der Waals surface area (Å²) in [5.74, 6) is -1.73. The van der Waals surface area contributed by atoms with Crippen LogP contribution in [0.15, 0.2) is 30.3 Å². The molecule has 1 aliphatic rings. The molecule has 1 aliphatic heterocycles. The lowest BCUT2D eigenvalue weighted by molar-refractivity contribution is -0.149. The molecule has 0 fully saturated rings. The molecule has 0 bridgehead atoms. The number of carbonyl (C=O) groups excluding carboxylic acids is 4. The number of aryl methyl sites for hydroxylation is 2. The second-order valence-corrected chi connectivity index (χ2v) is 7.35. The minimum atomic E-state index is -1.05. The van der Waals surface area contributed by atoms with Gasteiger partial charge in [-0.05, 0) is 69.0 Å². The lowest BCUT2D eigenvalue weighted by Gasteiger charge is -2.22. The van der Waals surface area contributed by atoms with Crippen molar-refractivity contribution in [3.63, 3.8) is 0 Å². The number of imide groups is 1. The van der Waals surface area contributed by atoms with Crippen molar-refractivity contribution in [1.82, 2.24) is 4.90 Å². The zero-order valence-electron chi connectivity index (χ0n) is 17.2. The summed E-state index contributed by atoms with van der Waals surface area (Å²) in [7, 11) is 0. The van der Waals surface area contributed by atoms with Crippen molar-refractivity contribution >= 4 is 23.6 Å². The van der Waals surface area contributed by atoms with E-state index in [1.807, 2.05) is 26.8 Å². The van der Waals surface area contributed by atoms with Gasteiger partial charge in [0.1, 0.15) is 12.6 Å². The largest absolute Gasteiger partial charge is 0.459 e. The van der Waals surface area contributed by atoms with Crippen LogP contribution in [0.4, 0.5) is 0 Å². The van der Waals surface area contributed by atoms with Crippen LogP contribution in [0.3, 0.4) is 0 Å². The highest BCUT2D eigenvalue weighted by Gasteiger charge is 2.41. The number of rotatable bonds is 5. The van der Waals surface area contributed by atoms with Crippen LogP contribution in [0.2, 0.25) is 0 Å². The van der Waals surface area contributed by atoms with E-state index < -0.39 is 23.8 Å². The highest BCUT2D eigenvalue weighted by Crippen LogP contribution is 2.26. The molecule has 150 valence electrons. The quantitative estimate of drug-likeness (QED) is 0.441. The summed E-state index contributed by atoms with van der Waals surface area (Å²) in [5, 5.41) is 0. The topological polar surface area (TPSA) is 80.8 Å². The molecular weight excluding hydrogens is 370 g/mol. The lowest BCUT2D eigenvalue weighted by atomic mass is 9.92. The fourth-order valence-corrected chi connectivity index (χ4v) is 3.92. The molecule has 3 rings (SSSR count). The predicted octanol–water partition coefficient (Wildman–Crippen LogP) is 3.54. The minimum absolute atomic E-state index is 0.0371. The van der Waals surface area contributed by atoms with Gasteiger partial charge in [0.2, 0.25) is 0 Å². The molecule has 0 N–H and O–H groups in total. The molecule has 2 aromatic carbocycles. The Balaban J connectivity index is 1.79. The zero-order valence-corrected chi connectivity index (χ0v) is 17.2. The van der Waals surface area contributed by atoms with Crippen molar-refractivity contribution < 1.29 is 23.9 Å². The number of hydrogen-bond acceptors (Lipinski definition) is 5. The molecule has 2 amide bonds. The Hall–Kier alpha value is -3.28. The molecular formula is C23H23NO5. The van der Waals surface area contributed by atoms with Gasteiger partial charge < -0.3 is 4.74 Å². The fourth-order valence-electron chi connectivity index (χ4n) is 3.92. The number of esters is 1. The van der Waals surface area contributed by atoms with E-state index in [9.17, 15) is 19.2 Å². The predicted molar refractivity (Wildman–Crippen MR) is 107 cm³/mol. The first kappa shape index (κ1) is 20.5. The summed E-state index contributed by atoms with van der Waals surface area (Å²) in [6.07, 6.45) is 0. The number of amides is 2. The van der Waals surface area contributed by atoms with E-state index in [1.165, 1.54) is 13.8 Å². The second-order valence-electron chi connectivity index (χ2n) is 7.35. The number of ketones is 1. The molecule has 1 heterocycles. The Kier molecular flexibility index (Phi) is 5.38. The van der Waals surface area contributed by atoms with Crippen LogP contribution in [0.25, 0.3) is 0 Å². The minimum Gasteiger partial charge on any atom is -0.459 e. The van der Waals surface area contributed by atoms with Gasteiger partial charge in [-0.3, -0.25) is 19.3 Å². The molecule has 0 saturated carbocycles. The van der Waals surface area contributed by atoms with Crippen LogP contribution >= 0.6 is 0 Å². The van der Waals surface area contributed by atoms with Crippen molar-refractivity contribution in [2.75, 3.05) is 0 Å². The third-order valence-electron chi connectivity index (χ3n) is 5.40. The summed E-state index contributed by atoms with van der Waals surface area (Å²) in [6, 6.07) is 7.31. The first-order valence-corrected chi connectivity index (χ1v) is 9.39. The van der Waals surface area contributed by atoms with E-state index in [1.54, 1.807) is 24.3 Å². The molecule has 1 unspecified atom stereocenters. The van der Waals surface area contributed by atoms with E-state index in [0.29, 0.717) is 5.56 Å². The van der Waals surface area contributed by atoms with Crippen molar-refractivity contribution in [3.8, 4) is 0 Å². The van der Waals surface area contributed by atoms with Gasteiger partial charge in [0.25, 0.3) is 11.8 Å². The Bertz CT molecular complexity index is 1020. The Labute approximate surface area is 169 Å². The van der Waals surface area contributed by atoms with Gasteiger partial charge in [0, 0.05) is 5.56 Å². The van der Waals surface area contributed by atoms with Gasteiger partial charge >= 0.3 is 5.97 Å². The van der Waals surface area contributed by atoms with Crippen LogP contribution in [0.5, 0.6) is 0 Å². The zero-order chi connectivity index (χ0) is 21.5. The molecule has 2 aromatic rings. The maximum atomic E-state index is 12.6. The maximum absolute atomic E-state index is 12.6. The number of benzene rings is 2. The second kappa shape index (κ2) is 7.62. The molecule has 6 nitrogen and oxygen atoms in total. The molecule has 0 radical (unpaired) electrons. The van der Waals surface area contributed by atoms with Crippen molar-refractivity contribution in [2.45, 2.75) is 47.3 Å². The van der Waals surface area contributed by atoms with Crippen molar-refractivity contribution in [1.29, 1.82) is 0 Å². The number of ether oxygens (including phenoxy) is 1. The maximum Gasteiger partial charge on any atom is 0.329 e. The molecule has 0 aromatic heterocycles. The number of carbonyl (C=O) groups is 4. The molecule has 6 heteroatoms. The third kappa shape index (κ3) is 3.46. The molecule has 0 saturated heterocycles. The van der Waals surface area contributed by atoms with Crippen LogP contribution in [0.1, 0.15) is 67.2 Å². The first-order valence-electron chi connectivity index (χ1n) is 9.39. The van der Waals surface area contributed by atoms with Gasteiger partial charge in [-0.15, -0.1) is 0 Å². The Morgan fingerprint density at radius 2 is 1.55 bits per heavy atom. The molecule has 0 spiro atoms. The fraction of sp³-hybridized carbons (Fsp3) is 0.304. The van der Waals surface area contributed by atoms with Gasteiger partial charge in [-0.25, -0.2) is 4.79 Å². The highest BCUT2D eigenvalue weighted by atomic mass is 16.5. The lowest BCUT2D eigenvalue weighted by Crippen LogP contribution is -2.43. The van der Waals surface area contributed by atoms with E-state index >= 15 is 0 Å². The smallest absolute Gasteiger partial charge is 0.329 e. The normalized spacial score (nSPS) is 14.0. The number of Topliss-reactive ketones (excluding diaryl/α,β-unsaturated/α-hetero) is 1. The van der Waals surface area contributed by atoms with Crippen molar-refractivity contribution in [3.05, 3.63) is 69.3 Å². The van der Waals surface area contributed by atoms with E-state index in [2.05, 4.69) is 0 Å². The average Bonchev–Trinajstić information content (AvgIpc) is 2.91.